The molecule has 0 bridgehead atoms. The van der Waals surface area contributed by atoms with Gasteiger partial charge < -0.3 is 16.4 Å². The van der Waals surface area contributed by atoms with Gasteiger partial charge in [0.05, 0.1) is 5.69 Å². The summed E-state index contributed by atoms with van der Waals surface area (Å²) >= 11 is 0. The number of benzene rings is 1. The van der Waals surface area contributed by atoms with Gasteiger partial charge in [-0.05, 0) is 18.2 Å². The highest BCUT2D eigenvalue weighted by Crippen LogP contribution is 2.15. The van der Waals surface area contributed by atoms with Crippen molar-refractivity contribution < 1.29 is 9.18 Å². The molecule has 1 aromatic rings. The minimum absolute atomic E-state index is 0.0411. The molecule has 0 heterocycles. The molecule has 5 nitrogen and oxygen atoms in total. The molecule has 0 radical (unpaired) electrons. The van der Waals surface area contributed by atoms with E-state index in [-0.39, 0.29) is 17.1 Å². The molecule has 0 spiro atoms. The van der Waals surface area contributed by atoms with E-state index < -0.39 is 11.8 Å². The molecule has 0 aliphatic heterocycles. The van der Waals surface area contributed by atoms with E-state index in [9.17, 15) is 9.18 Å². The lowest BCUT2D eigenvalue weighted by Crippen LogP contribution is -2.25. The van der Waals surface area contributed by atoms with Gasteiger partial charge in [-0.2, -0.15) is 0 Å². The van der Waals surface area contributed by atoms with Crippen molar-refractivity contribution >= 4 is 17.6 Å². The predicted molar refractivity (Wildman–Crippen MR) is 55.5 cm³/mol. The SMILES string of the molecule is CNC(=O)Nc1ccc(C(=N)N)cc1F. The van der Waals surface area contributed by atoms with E-state index in [1.165, 1.54) is 19.2 Å². The van der Waals surface area contributed by atoms with Gasteiger partial charge >= 0.3 is 6.03 Å². The zero-order valence-corrected chi connectivity index (χ0v) is 8.10. The fraction of sp³-hybridized carbons (Fsp3) is 0.111. The average Bonchev–Trinajstić information content (AvgIpc) is 2.20. The van der Waals surface area contributed by atoms with Gasteiger partial charge in [-0.1, -0.05) is 0 Å². The first-order valence-electron chi connectivity index (χ1n) is 4.17. The lowest BCUT2D eigenvalue weighted by molar-refractivity contribution is 0.254. The molecule has 0 aliphatic rings. The maximum atomic E-state index is 13.3. The van der Waals surface area contributed by atoms with Gasteiger partial charge in [-0.25, -0.2) is 9.18 Å². The summed E-state index contributed by atoms with van der Waals surface area (Å²) in [6.45, 7) is 0. The zero-order valence-electron chi connectivity index (χ0n) is 8.10. The number of rotatable bonds is 2. The predicted octanol–water partition coefficient (Wildman–Crippen LogP) is 0.861. The Hall–Kier alpha value is -2.11. The molecule has 1 rings (SSSR count). The van der Waals surface area contributed by atoms with Gasteiger partial charge in [0, 0.05) is 12.6 Å². The van der Waals surface area contributed by atoms with Crippen LogP contribution >= 0.6 is 0 Å². The minimum atomic E-state index is -0.633. The quantitative estimate of drug-likeness (QED) is 0.430. The van der Waals surface area contributed by atoms with E-state index in [1.807, 2.05) is 0 Å². The molecule has 6 heteroatoms. The second-order valence-electron chi connectivity index (χ2n) is 2.81. The van der Waals surface area contributed by atoms with Gasteiger partial charge in [0.1, 0.15) is 11.7 Å². The molecular formula is C9H11FN4O. The maximum absolute atomic E-state index is 13.3. The number of anilines is 1. The zero-order chi connectivity index (χ0) is 11.4. The molecule has 0 saturated carbocycles. The standard InChI is InChI=1S/C9H11FN4O/c1-13-9(15)14-7-3-2-5(8(11)12)4-6(7)10/h2-4H,1H3,(H3,11,12)(H2,13,14,15). The van der Waals surface area contributed by atoms with E-state index in [0.717, 1.165) is 6.07 Å². The summed E-state index contributed by atoms with van der Waals surface area (Å²) in [5.74, 6) is -0.855. The first-order chi connectivity index (χ1) is 7.04. The van der Waals surface area contributed by atoms with Crippen molar-refractivity contribution in [2.75, 3.05) is 12.4 Å². The van der Waals surface area contributed by atoms with Gasteiger partial charge in [0.25, 0.3) is 0 Å². The summed E-state index contributed by atoms with van der Waals surface area (Å²) in [5, 5.41) is 11.7. The van der Waals surface area contributed by atoms with Crippen LogP contribution in [0.1, 0.15) is 5.56 Å². The highest BCUT2D eigenvalue weighted by atomic mass is 19.1. The molecule has 0 saturated heterocycles. The Morgan fingerprint density at radius 2 is 2.20 bits per heavy atom. The minimum Gasteiger partial charge on any atom is -0.384 e. The molecule has 80 valence electrons. The Morgan fingerprint density at radius 3 is 2.67 bits per heavy atom. The van der Waals surface area contributed by atoms with Crippen LogP contribution in [0.25, 0.3) is 0 Å². The summed E-state index contributed by atoms with van der Waals surface area (Å²) in [6.07, 6.45) is 0. The Morgan fingerprint density at radius 1 is 1.53 bits per heavy atom. The number of halogens is 1. The van der Waals surface area contributed by atoms with Crippen molar-refractivity contribution in [1.82, 2.24) is 5.32 Å². The number of amidine groups is 1. The number of nitrogens with two attached hydrogens (primary N) is 1. The van der Waals surface area contributed by atoms with Crippen LogP contribution < -0.4 is 16.4 Å². The number of nitrogen functional groups attached to an aromatic ring is 1. The molecule has 0 aromatic heterocycles. The smallest absolute Gasteiger partial charge is 0.319 e. The van der Waals surface area contributed by atoms with Crippen molar-refractivity contribution in [3.63, 3.8) is 0 Å². The maximum Gasteiger partial charge on any atom is 0.319 e. The van der Waals surface area contributed by atoms with Gasteiger partial charge in [0.2, 0.25) is 0 Å². The lowest BCUT2D eigenvalue weighted by atomic mass is 10.2. The second-order valence-corrected chi connectivity index (χ2v) is 2.81. The number of carbonyl (C=O) groups is 1. The van der Waals surface area contributed by atoms with Crippen LogP contribution in [0.2, 0.25) is 0 Å². The molecule has 0 aliphatic carbocycles. The topological polar surface area (TPSA) is 91.0 Å². The number of carbonyl (C=O) groups excluding carboxylic acids is 1. The van der Waals surface area contributed by atoms with Crippen LogP contribution in [0.5, 0.6) is 0 Å². The van der Waals surface area contributed by atoms with E-state index in [0.29, 0.717) is 0 Å². The largest absolute Gasteiger partial charge is 0.384 e. The Balaban J connectivity index is 2.93. The molecule has 2 amide bonds. The molecule has 0 unspecified atom stereocenters. The summed E-state index contributed by atoms with van der Waals surface area (Å²) in [7, 11) is 1.43. The van der Waals surface area contributed by atoms with Crippen molar-refractivity contribution in [3.05, 3.63) is 29.6 Å². The average molecular weight is 210 g/mol. The molecule has 0 atom stereocenters. The Bertz CT molecular complexity index is 405. The van der Waals surface area contributed by atoms with Crippen LogP contribution in [0, 0.1) is 11.2 Å². The van der Waals surface area contributed by atoms with Crippen molar-refractivity contribution in [1.29, 1.82) is 5.41 Å². The lowest BCUT2D eigenvalue weighted by Gasteiger charge is -2.06. The number of urea groups is 1. The first-order valence-corrected chi connectivity index (χ1v) is 4.17. The van der Waals surface area contributed by atoms with Crippen LogP contribution in [0.15, 0.2) is 18.2 Å². The molecule has 1 aromatic carbocycles. The van der Waals surface area contributed by atoms with Gasteiger partial charge in [-0.15, -0.1) is 0 Å². The monoisotopic (exact) mass is 210 g/mol. The molecule has 5 N–H and O–H groups in total. The molecule has 0 fully saturated rings. The number of amides is 2. The van der Waals surface area contributed by atoms with Crippen molar-refractivity contribution in [2.24, 2.45) is 5.73 Å². The van der Waals surface area contributed by atoms with Crippen LogP contribution in [-0.2, 0) is 0 Å². The second kappa shape index (κ2) is 4.41. The summed E-state index contributed by atoms with van der Waals surface area (Å²) in [4.78, 5) is 10.9. The van der Waals surface area contributed by atoms with E-state index in [4.69, 9.17) is 11.1 Å². The number of hydrogen-bond donors (Lipinski definition) is 4. The normalized spacial score (nSPS) is 9.47. The van der Waals surface area contributed by atoms with Gasteiger partial charge in [-0.3, -0.25) is 5.41 Å². The molecule has 15 heavy (non-hydrogen) atoms. The van der Waals surface area contributed by atoms with Crippen molar-refractivity contribution in [3.8, 4) is 0 Å². The highest BCUT2D eigenvalue weighted by Gasteiger charge is 2.07. The van der Waals surface area contributed by atoms with Crippen LogP contribution in [-0.4, -0.2) is 18.9 Å². The van der Waals surface area contributed by atoms with Gasteiger partial charge in [0.15, 0.2) is 0 Å². The van der Waals surface area contributed by atoms with E-state index >= 15 is 0 Å². The van der Waals surface area contributed by atoms with Crippen LogP contribution in [0.3, 0.4) is 0 Å². The van der Waals surface area contributed by atoms with Crippen LogP contribution in [0.4, 0.5) is 14.9 Å². The summed E-state index contributed by atoms with van der Waals surface area (Å²) in [6, 6.07) is 3.38. The van der Waals surface area contributed by atoms with Crippen molar-refractivity contribution in [2.45, 2.75) is 0 Å². The number of hydrogen-bond acceptors (Lipinski definition) is 2. The third kappa shape index (κ3) is 2.67. The van der Waals surface area contributed by atoms with E-state index in [2.05, 4.69) is 10.6 Å². The molecular weight excluding hydrogens is 199 g/mol. The fourth-order valence-electron chi connectivity index (χ4n) is 0.969. The first kappa shape index (κ1) is 11.0. The third-order valence-corrected chi connectivity index (χ3v) is 1.76. The van der Waals surface area contributed by atoms with E-state index in [1.54, 1.807) is 0 Å². The Labute approximate surface area is 86.0 Å². The summed E-state index contributed by atoms with van der Waals surface area (Å²) in [5.41, 5.74) is 5.49. The third-order valence-electron chi connectivity index (χ3n) is 1.76. The summed E-state index contributed by atoms with van der Waals surface area (Å²) < 4.78 is 13.3. The fourth-order valence-corrected chi connectivity index (χ4v) is 0.969. The number of nitrogens with one attached hydrogen (secondary N) is 3. The highest BCUT2D eigenvalue weighted by molar-refractivity contribution is 5.96. The Kier molecular flexibility index (Phi) is 3.22.